The quantitative estimate of drug-likeness (QED) is 0.697. The fraction of sp³-hybridized carbons (Fsp3) is 0.667. The van der Waals surface area contributed by atoms with E-state index < -0.39 is 0 Å². The highest BCUT2D eigenvalue weighted by molar-refractivity contribution is 5.07. The van der Waals surface area contributed by atoms with Gasteiger partial charge in [0.25, 0.3) is 0 Å². The van der Waals surface area contributed by atoms with Gasteiger partial charge in [0.2, 0.25) is 0 Å². The lowest BCUT2D eigenvalue weighted by Gasteiger charge is -2.14. The third kappa shape index (κ3) is 4.06. The molecule has 0 fully saturated rings. The average molecular weight is 210 g/mol. The van der Waals surface area contributed by atoms with Crippen LogP contribution in [0.5, 0.6) is 0 Å². The molecule has 1 heterocycles. The number of rotatable bonds is 7. The molecule has 3 heteroatoms. The Kier molecular flexibility index (Phi) is 5.43. The van der Waals surface area contributed by atoms with Gasteiger partial charge < -0.3 is 14.6 Å². The number of nitrogens with one attached hydrogen (secondary N) is 1. The van der Waals surface area contributed by atoms with Gasteiger partial charge in [-0.05, 0) is 32.0 Å². The zero-order chi connectivity index (χ0) is 11.1. The monoisotopic (exact) mass is 210 g/mol. The summed E-state index contributed by atoms with van der Waals surface area (Å²) < 4.78 is 7.51. The van der Waals surface area contributed by atoms with Crippen LogP contribution in [0.2, 0.25) is 0 Å². The lowest BCUT2D eigenvalue weighted by molar-refractivity contribution is 0.102. The number of ether oxygens (including phenoxy) is 1. The van der Waals surface area contributed by atoms with Crippen LogP contribution in [0.1, 0.15) is 26.0 Å². The normalized spacial score (nSPS) is 13.0. The van der Waals surface area contributed by atoms with Crippen molar-refractivity contribution in [2.75, 3.05) is 13.7 Å². The zero-order valence-corrected chi connectivity index (χ0v) is 9.99. The highest BCUT2D eigenvalue weighted by Crippen LogP contribution is 2.04. The lowest BCUT2D eigenvalue weighted by Crippen LogP contribution is -2.20. The van der Waals surface area contributed by atoms with Crippen molar-refractivity contribution in [1.82, 2.24) is 9.88 Å². The number of methoxy groups -OCH3 is 1. The summed E-state index contributed by atoms with van der Waals surface area (Å²) in [5, 5.41) is 3.41. The smallest absolute Gasteiger partial charge is 0.0722 e. The highest BCUT2D eigenvalue weighted by atomic mass is 16.5. The summed E-state index contributed by atoms with van der Waals surface area (Å²) in [5.41, 5.74) is 1.33. The molecule has 1 unspecified atom stereocenters. The van der Waals surface area contributed by atoms with E-state index in [4.69, 9.17) is 4.74 Å². The largest absolute Gasteiger partial charge is 0.380 e. The topological polar surface area (TPSA) is 26.2 Å². The van der Waals surface area contributed by atoms with Crippen molar-refractivity contribution in [3.8, 4) is 0 Å². The van der Waals surface area contributed by atoms with Gasteiger partial charge in [0.1, 0.15) is 0 Å². The molecule has 0 amide bonds. The maximum Gasteiger partial charge on any atom is 0.0722 e. The molecule has 3 nitrogen and oxygen atoms in total. The number of hydrogen-bond donors (Lipinski definition) is 1. The highest BCUT2D eigenvalue weighted by Gasteiger charge is 2.04. The molecular formula is C12H22N2O. The summed E-state index contributed by atoms with van der Waals surface area (Å²) in [6, 6.07) is 4.25. The van der Waals surface area contributed by atoms with Crippen LogP contribution in [0, 0.1) is 0 Å². The number of aromatic nitrogens is 1. The molecule has 1 rings (SSSR count). The van der Waals surface area contributed by atoms with Crippen molar-refractivity contribution in [3.05, 3.63) is 24.0 Å². The van der Waals surface area contributed by atoms with Gasteiger partial charge >= 0.3 is 0 Å². The minimum Gasteiger partial charge on any atom is -0.380 e. The second kappa shape index (κ2) is 6.64. The van der Waals surface area contributed by atoms with Crippen LogP contribution in [0.4, 0.5) is 0 Å². The molecule has 1 N–H and O–H groups in total. The SMILES string of the molecule is CCCNCc1cccn1CC(C)OC. The van der Waals surface area contributed by atoms with E-state index in [-0.39, 0.29) is 6.10 Å². The molecule has 1 aromatic heterocycles. The van der Waals surface area contributed by atoms with Crippen LogP contribution in [0.25, 0.3) is 0 Å². The van der Waals surface area contributed by atoms with E-state index in [9.17, 15) is 0 Å². The molecule has 0 aliphatic rings. The molecule has 0 saturated carbocycles. The maximum absolute atomic E-state index is 5.26. The maximum atomic E-state index is 5.26. The molecule has 1 aromatic rings. The van der Waals surface area contributed by atoms with Crippen molar-refractivity contribution in [2.45, 2.75) is 39.5 Å². The Morgan fingerprint density at radius 1 is 1.53 bits per heavy atom. The van der Waals surface area contributed by atoms with Gasteiger partial charge in [0, 0.05) is 32.1 Å². The zero-order valence-electron chi connectivity index (χ0n) is 9.99. The Bertz CT molecular complexity index is 270. The van der Waals surface area contributed by atoms with E-state index in [1.54, 1.807) is 7.11 Å². The summed E-state index contributed by atoms with van der Waals surface area (Å²) >= 11 is 0. The van der Waals surface area contributed by atoms with E-state index in [0.717, 1.165) is 19.6 Å². The standard InChI is InChI=1S/C12H22N2O/c1-4-7-13-9-12-6-5-8-14(12)10-11(2)15-3/h5-6,8,11,13H,4,7,9-10H2,1-3H3. The van der Waals surface area contributed by atoms with Gasteiger partial charge in [-0.3, -0.25) is 0 Å². The molecule has 0 bridgehead atoms. The molecule has 0 aliphatic carbocycles. The summed E-state index contributed by atoms with van der Waals surface area (Å²) in [6.45, 7) is 7.21. The summed E-state index contributed by atoms with van der Waals surface area (Å²) in [6.07, 6.45) is 3.55. The van der Waals surface area contributed by atoms with Crippen molar-refractivity contribution >= 4 is 0 Å². The van der Waals surface area contributed by atoms with E-state index in [2.05, 4.69) is 42.1 Å². The van der Waals surface area contributed by atoms with Crippen molar-refractivity contribution in [2.24, 2.45) is 0 Å². The van der Waals surface area contributed by atoms with Gasteiger partial charge in [0.15, 0.2) is 0 Å². The van der Waals surface area contributed by atoms with Crippen LogP contribution in [-0.4, -0.2) is 24.3 Å². The molecular weight excluding hydrogens is 188 g/mol. The molecule has 1 atom stereocenters. The van der Waals surface area contributed by atoms with Gasteiger partial charge in [-0.2, -0.15) is 0 Å². The minimum absolute atomic E-state index is 0.266. The molecule has 0 aromatic carbocycles. The molecule has 0 radical (unpaired) electrons. The Morgan fingerprint density at radius 2 is 2.33 bits per heavy atom. The predicted molar refractivity (Wildman–Crippen MR) is 62.9 cm³/mol. The first-order valence-electron chi connectivity index (χ1n) is 5.65. The number of hydrogen-bond acceptors (Lipinski definition) is 2. The fourth-order valence-electron chi connectivity index (χ4n) is 1.53. The van der Waals surface area contributed by atoms with Crippen molar-refractivity contribution in [1.29, 1.82) is 0 Å². The Balaban J connectivity index is 2.45. The summed E-state index contributed by atoms with van der Waals surface area (Å²) in [7, 11) is 1.75. The van der Waals surface area contributed by atoms with Gasteiger partial charge in [-0.1, -0.05) is 6.92 Å². The summed E-state index contributed by atoms with van der Waals surface area (Å²) in [5.74, 6) is 0. The molecule has 86 valence electrons. The first kappa shape index (κ1) is 12.3. The Labute approximate surface area is 92.4 Å². The van der Waals surface area contributed by atoms with E-state index in [0.29, 0.717) is 0 Å². The Morgan fingerprint density at radius 3 is 3.00 bits per heavy atom. The van der Waals surface area contributed by atoms with Crippen molar-refractivity contribution < 1.29 is 4.74 Å². The van der Waals surface area contributed by atoms with Gasteiger partial charge in [0.05, 0.1) is 6.10 Å². The van der Waals surface area contributed by atoms with Crippen LogP contribution in [-0.2, 0) is 17.8 Å². The second-order valence-electron chi connectivity index (χ2n) is 3.87. The van der Waals surface area contributed by atoms with Crippen LogP contribution in [0.3, 0.4) is 0 Å². The van der Waals surface area contributed by atoms with E-state index >= 15 is 0 Å². The van der Waals surface area contributed by atoms with Crippen LogP contribution < -0.4 is 5.32 Å². The lowest BCUT2D eigenvalue weighted by atomic mass is 10.3. The molecule has 0 spiro atoms. The first-order chi connectivity index (χ1) is 7.27. The predicted octanol–water partition coefficient (Wildman–Crippen LogP) is 2.02. The van der Waals surface area contributed by atoms with Crippen molar-refractivity contribution in [3.63, 3.8) is 0 Å². The summed E-state index contributed by atoms with van der Waals surface area (Å²) in [4.78, 5) is 0. The van der Waals surface area contributed by atoms with Crippen LogP contribution >= 0.6 is 0 Å². The van der Waals surface area contributed by atoms with Gasteiger partial charge in [-0.15, -0.1) is 0 Å². The third-order valence-corrected chi connectivity index (χ3v) is 2.51. The number of nitrogens with zero attached hydrogens (tertiary/aromatic N) is 1. The molecule has 15 heavy (non-hydrogen) atoms. The molecule has 0 aliphatic heterocycles. The fourth-order valence-corrected chi connectivity index (χ4v) is 1.53. The second-order valence-corrected chi connectivity index (χ2v) is 3.87. The third-order valence-electron chi connectivity index (χ3n) is 2.51. The van der Waals surface area contributed by atoms with E-state index in [1.165, 1.54) is 12.1 Å². The Hall–Kier alpha value is -0.800. The average Bonchev–Trinajstić information content (AvgIpc) is 2.66. The molecule has 0 saturated heterocycles. The first-order valence-corrected chi connectivity index (χ1v) is 5.65. The van der Waals surface area contributed by atoms with Crippen LogP contribution in [0.15, 0.2) is 18.3 Å². The van der Waals surface area contributed by atoms with Gasteiger partial charge in [-0.25, -0.2) is 0 Å². The van der Waals surface area contributed by atoms with E-state index in [1.807, 2.05) is 0 Å². The minimum atomic E-state index is 0.266.